The topological polar surface area (TPSA) is 99.2 Å². The van der Waals surface area contributed by atoms with E-state index in [0.29, 0.717) is 53.4 Å². The highest BCUT2D eigenvalue weighted by Crippen LogP contribution is 2.34. The van der Waals surface area contributed by atoms with Crippen molar-refractivity contribution in [2.45, 2.75) is 8.86 Å². The number of nitrogens with one attached hydrogen (secondary N) is 2. The molecule has 1 aromatic heterocycles. The summed E-state index contributed by atoms with van der Waals surface area (Å²) >= 11 is 4.57. The largest absolute Gasteiger partial charge is 0.378 e. The molecule has 2 aromatic carbocycles. The number of amides is 2. The van der Waals surface area contributed by atoms with Gasteiger partial charge in [0, 0.05) is 52.9 Å². The van der Waals surface area contributed by atoms with Crippen molar-refractivity contribution >= 4 is 80.0 Å². The van der Waals surface area contributed by atoms with Gasteiger partial charge in [-0.3, -0.25) is 14.6 Å². The smallest absolute Gasteiger partial charge is 0.259 e. The normalized spacial score (nSPS) is 15.1. The van der Waals surface area contributed by atoms with Gasteiger partial charge < -0.3 is 25.2 Å². The molecule has 2 aliphatic rings. The third-order valence-electron chi connectivity index (χ3n) is 6.85. The van der Waals surface area contributed by atoms with Crippen LogP contribution in [-0.2, 0) is 13.6 Å². The Balaban J connectivity index is 1.48. The number of pyridine rings is 1. The summed E-state index contributed by atoms with van der Waals surface area (Å²) < 4.78 is 7.12. The lowest BCUT2D eigenvalue weighted by Gasteiger charge is -2.32. The number of ether oxygens (including phenoxy) is 1. The first-order valence-corrected chi connectivity index (χ1v) is 16.1. The first-order valence-electron chi connectivity index (χ1n) is 13.0. The average Bonchev–Trinajstić information content (AvgIpc) is 3.43. The molecular formula is C29H30I2N6O3. The van der Waals surface area contributed by atoms with Crippen molar-refractivity contribution in [2.24, 2.45) is 4.99 Å². The highest BCUT2D eigenvalue weighted by Gasteiger charge is 2.24. The molecule has 2 N–H and O–H groups in total. The van der Waals surface area contributed by atoms with Gasteiger partial charge in [0.2, 0.25) is 0 Å². The average molecular weight is 764 g/mol. The van der Waals surface area contributed by atoms with Crippen LogP contribution in [0.5, 0.6) is 0 Å². The molecular weight excluding hydrogens is 734 g/mol. The Bertz CT molecular complexity index is 1410. The number of halogens is 2. The molecule has 0 unspecified atom stereocenters. The Kier molecular flexibility index (Phi) is 9.52. The lowest BCUT2D eigenvalue weighted by Crippen LogP contribution is -2.37. The molecule has 3 aromatic rings. The number of aromatic nitrogens is 1. The molecule has 0 spiro atoms. The zero-order chi connectivity index (χ0) is 28.1. The number of rotatable bonds is 8. The van der Waals surface area contributed by atoms with Gasteiger partial charge in [-0.2, -0.15) is 0 Å². The monoisotopic (exact) mass is 764 g/mol. The van der Waals surface area contributed by atoms with E-state index in [4.69, 9.17) is 4.74 Å². The number of morpholine rings is 1. The zero-order valence-electron chi connectivity index (χ0n) is 22.1. The molecule has 1 fully saturated rings. The Morgan fingerprint density at radius 3 is 2.30 bits per heavy atom. The zero-order valence-corrected chi connectivity index (χ0v) is 26.4. The number of anilines is 3. The van der Waals surface area contributed by atoms with E-state index in [1.807, 2.05) is 31.3 Å². The molecule has 9 nitrogen and oxygen atoms in total. The van der Waals surface area contributed by atoms with Gasteiger partial charge in [-0.25, -0.2) is 4.98 Å². The Labute approximate surface area is 261 Å². The Morgan fingerprint density at radius 2 is 1.68 bits per heavy atom. The third kappa shape index (κ3) is 6.57. The van der Waals surface area contributed by atoms with E-state index in [0.717, 1.165) is 45.7 Å². The maximum atomic E-state index is 13.7. The van der Waals surface area contributed by atoms with Crippen LogP contribution in [-0.4, -0.2) is 74.0 Å². The predicted octanol–water partition coefficient (Wildman–Crippen LogP) is 4.98. The molecule has 0 atom stereocenters. The summed E-state index contributed by atoms with van der Waals surface area (Å²) in [5, 5.41) is 6.00. The number of nitrogens with zero attached hydrogens (tertiary/aromatic N) is 4. The Hall–Kier alpha value is -2.78. The van der Waals surface area contributed by atoms with Gasteiger partial charge in [-0.15, -0.1) is 0 Å². The molecule has 2 amide bonds. The van der Waals surface area contributed by atoms with Gasteiger partial charge in [-0.1, -0.05) is 63.4 Å². The second-order valence-electron chi connectivity index (χ2n) is 9.57. The van der Waals surface area contributed by atoms with Crippen molar-refractivity contribution < 1.29 is 14.3 Å². The van der Waals surface area contributed by atoms with Crippen LogP contribution in [0.15, 0.2) is 59.7 Å². The van der Waals surface area contributed by atoms with Crippen LogP contribution in [0.3, 0.4) is 0 Å². The minimum atomic E-state index is -0.330. The van der Waals surface area contributed by atoms with Crippen LogP contribution < -0.4 is 15.5 Å². The number of carbonyl (C=O) groups excluding carboxylic acids is 2. The van der Waals surface area contributed by atoms with E-state index < -0.39 is 0 Å². The van der Waals surface area contributed by atoms with Crippen LogP contribution >= 0.6 is 45.2 Å². The fourth-order valence-corrected chi connectivity index (χ4v) is 5.58. The first kappa shape index (κ1) is 28.7. The standard InChI is InChI=1S/C29H30I2N6O3/c1-36-9-8-32-27(36)21-3-5-22(6-4-21)28(38)35-26-23(29(39)34-25-7-2-19(16-30)18-33-25)14-20(17-31)15-24(26)37-10-12-40-13-11-37/h2-7,14-15,18H,8-13,16-17H2,1H3,(H,35,38)(H,33,34,39). The van der Waals surface area contributed by atoms with Crippen LogP contribution in [0.2, 0.25) is 0 Å². The van der Waals surface area contributed by atoms with Crippen molar-refractivity contribution in [3.63, 3.8) is 0 Å². The lowest BCUT2D eigenvalue weighted by atomic mass is 10.0. The highest BCUT2D eigenvalue weighted by molar-refractivity contribution is 14.1. The van der Waals surface area contributed by atoms with E-state index >= 15 is 0 Å². The maximum absolute atomic E-state index is 13.7. The van der Waals surface area contributed by atoms with E-state index in [1.165, 1.54) is 0 Å². The second kappa shape index (κ2) is 13.3. The van der Waals surface area contributed by atoms with Crippen LogP contribution in [0, 0.1) is 0 Å². The first-order chi connectivity index (χ1) is 19.5. The van der Waals surface area contributed by atoms with Crippen LogP contribution in [0.25, 0.3) is 0 Å². The van der Waals surface area contributed by atoms with Crippen molar-refractivity contribution in [2.75, 3.05) is 62.0 Å². The summed E-state index contributed by atoms with van der Waals surface area (Å²) in [5.41, 5.74) is 5.21. The van der Waals surface area contributed by atoms with Crippen molar-refractivity contribution in [1.82, 2.24) is 9.88 Å². The van der Waals surface area contributed by atoms with Crippen LogP contribution in [0.4, 0.5) is 17.2 Å². The predicted molar refractivity (Wildman–Crippen MR) is 176 cm³/mol. The van der Waals surface area contributed by atoms with Gasteiger partial charge in [0.15, 0.2) is 0 Å². The fourth-order valence-electron chi connectivity index (χ4n) is 4.69. The number of alkyl halides is 2. The number of carbonyl (C=O) groups is 2. The van der Waals surface area contributed by atoms with Gasteiger partial charge >= 0.3 is 0 Å². The van der Waals surface area contributed by atoms with E-state index in [-0.39, 0.29) is 11.8 Å². The quantitative estimate of drug-likeness (QED) is 0.248. The number of benzene rings is 2. The summed E-state index contributed by atoms with van der Waals surface area (Å²) in [5.74, 6) is 0.765. The maximum Gasteiger partial charge on any atom is 0.259 e. The molecule has 3 heterocycles. The van der Waals surface area contributed by atoms with E-state index in [2.05, 4.69) is 81.7 Å². The molecule has 1 saturated heterocycles. The van der Waals surface area contributed by atoms with Gasteiger partial charge in [0.25, 0.3) is 11.8 Å². The van der Waals surface area contributed by atoms with Crippen molar-refractivity contribution in [1.29, 1.82) is 0 Å². The van der Waals surface area contributed by atoms with Crippen molar-refractivity contribution in [3.8, 4) is 0 Å². The number of hydrogen-bond acceptors (Lipinski definition) is 7. The Morgan fingerprint density at radius 1 is 0.925 bits per heavy atom. The third-order valence-corrected chi connectivity index (χ3v) is 8.61. The summed E-state index contributed by atoms with van der Waals surface area (Å²) in [4.78, 5) is 40.4. The molecule has 0 saturated carbocycles. The lowest BCUT2D eigenvalue weighted by molar-refractivity contribution is 0.102. The summed E-state index contributed by atoms with van der Waals surface area (Å²) in [6.45, 7) is 4.15. The molecule has 0 radical (unpaired) electrons. The van der Waals surface area contributed by atoms with Gasteiger partial charge in [-0.05, 0) is 41.5 Å². The number of hydrogen-bond donors (Lipinski definition) is 2. The molecule has 5 rings (SSSR count). The molecule has 40 heavy (non-hydrogen) atoms. The van der Waals surface area contributed by atoms with E-state index in [1.54, 1.807) is 24.4 Å². The summed E-state index contributed by atoms with van der Waals surface area (Å²) in [6.07, 6.45) is 1.75. The van der Waals surface area contributed by atoms with Gasteiger partial charge in [0.05, 0.1) is 36.7 Å². The number of likely N-dealkylation sites (N-methyl/N-ethyl adjacent to an activating group) is 1. The number of amidine groups is 1. The molecule has 208 valence electrons. The minimum absolute atomic E-state index is 0.288. The summed E-state index contributed by atoms with van der Waals surface area (Å²) in [7, 11) is 2.01. The molecule has 0 aliphatic carbocycles. The van der Waals surface area contributed by atoms with Crippen molar-refractivity contribution in [3.05, 3.63) is 82.5 Å². The SMILES string of the molecule is CN1CCN=C1c1ccc(C(=O)Nc2c(C(=O)Nc3ccc(CI)cn3)cc(CI)cc2N2CCOCC2)cc1. The molecule has 0 bridgehead atoms. The van der Waals surface area contributed by atoms with Gasteiger partial charge in [0.1, 0.15) is 11.7 Å². The minimum Gasteiger partial charge on any atom is -0.378 e. The van der Waals surface area contributed by atoms with Crippen LogP contribution in [0.1, 0.15) is 37.4 Å². The molecule has 11 heteroatoms. The highest BCUT2D eigenvalue weighted by atomic mass is 127. The second-order valence-corrected chi connectivity index (χ2v) is 11.1. The summed E-state index contributed by atoms with van der Waals surface area (Å²) in [6, 6.07) is 15.1. The molecule has 2 aliphatic heterocycles. The van der Waals surface area contributed by atoms with E-state index in [9.17, 15) is 9.59 Å². The fraction of sp³-hybridized carbons (Fsp3) is 0.310. The number of aliphatic imine (C=N–C) groups is 1.